The van der Waals surface area contributed by atoms with Crippen molar-refractivity contribution in [3.63, 3.8) is 0 Å². The third-order valence-corrected chi connectivity index (χ3v) is 5.15. The van der Waals surface area contributed by atoms with Gasteiger partial charge < -0.3 is 14.6 Å². The van der Waals surface area contributed by atoms with E-state index in [1.54, 1.807) is 0 Å². The number of amides is 1. The molecule has 140 valence electrons. The third-order valence-electron chi connectivity index (χ3n) is 5.15. The van der Waals surface area contributed by atoms with Gasteiger partial charge >= 0.3 is 6.09 Å². The summed E-state index contributed by atoms with van der Waals surface area (Å²) in [7, 11) is 6.06. The van der Waals surface area contributed by atoms with Gasteiger partial charge in [-0.1, -0.05) is 49.6 Å². The van der Waals surface area contributed by atoms with Crippen LogP contribution in [0.2, 0.25) is 0 Å². The molecule has 0 radical (unpaired) electrons. The Balaban J connectivity index is 1.73. The van der Waals surface area contributed by atoms with Gasteiger partial charge in [-0.2, -0.15) is 0 Å². The van der Waals surface area contributed by atoms with Gasteiger partial charge in [0, 0.05) is 24.8 Å². The SMILES string of the molecule is CN(C)C(c1ccccc1)c1ccc(OC(=O)NC2CCCCC2)n1C. The minimum absolute atomic E-state index is 0.0972. The molecule has 0 aliphatic heterocycles. The van der Waals surface area contributed by atoms with Gasteiger partial charge in [-0.3, -0.25) is 4.90 Å². The van der Waals surface area contributed by atoms with Crippen LogP contribution in [0.15, 0.2) is 42.5 Å². The maximum absolute atomic E-state index is 12.3. The van der Waals surface area contributed by atoms with Crippen LogP contribution < -0.4 is 10.1 Å². The molecule has 1 amide bonds. The Hall–Kier alpha value is -2.27. The molecule has 3 rings (SSSR count). The van der Waals surface area contributed by atoms with E-state index in [2.05, 4.69) is 36.4 Å². The Morgan fingerprint density at radius 2 is 1.81 bits per heavy atom. The largest absolute Gasteiger partial charge is 0.414 e. The summed E-state index contributed by atoms with van der Waals surface area (Å²) >= 11 is 0. The van der Waals surface area contributed by atoms with Crippen LogP contribution in [0.25, 0.3) is 0 Å². The van der Waals surface area contributed by atoms with Crippen LogP contribution in [0.1, 0.15) is 49.4 Å². The van der Waals surface area contributed by atoms with Gasteiger partial charge in [0.15, 0.2) is 0 Å². The van der Waals surface area contributed by atoms with Crippen molar-refractivity contribution in [3.05, 3.63) is 53.7 Å². The first-order valence-electron chi connectivity index (χ1n) is 9.41. The van der Waals surface area contributed by atoms with E-state index >= 15 is 0 Å². The van der Waals surface area contributed by atoms with E-state index < -0.39 is 0 Å². The molecule has 1 aromatic carbocycles. The Kier molecular flexibility index (Phi) is 5.99. The number of benzene rings is 1. The fourth-order valence-electron chi connectivity index (χ4n) is 3.79. The van der Waals surface area contributed by atoms with Crippen molar-refractivity contribution in [2.75, 3.05) is 14.1 Å². The van der Waals surface area contributed by atoms with E-state index in [-0.39, 0.29) is 18.2 Å². The van der Waals surface area contributed by atoms with E-state index in [0.29, 0.717) is 5.88 Å². The minimum Gasteiger partial charge on any atom is -0.393 e. The summed E-state index contributed by atoms with van der Waals surface area (Å²) in [5, 5.41) is 3.00. The first-order chi connectivity index (χ1) is 12.6. The Bertz CT molecular complexity index is 718. The molecule has 1 atom stereocenters. The summed E-state index contributed by atoms with van der Waals surface area (Å²) in [6, 6.07) is 14.6. The zero-order valence-corrected chi connectivity index (χ0v) is 15.9. The maximum Gasteiger partial charge on any atom is 0.414 e. The van der Waals surface area contributed by atoms with Crippen LogP contribution in [0, 0.1) is 0 Å². The molecule has 1 aliphatic rings. The van der Waals surface area contributed by atoms with Gasteiger partial charge in [-0.15, -0.1) is 0 Å². The van der Waals surface area contributed by atoms with Crippen molar-refractivity contribution >= 4 is 6.09 Å². The third kappa shape index (κ3) is 4.28. The number of carbonyl (C=O) groups is 1. The van der Waals surface area contributed by atoms with Gasteiger partial charge in [-0.05, 0) is 38.6 Å². The molecule has 1 N–H and O–H groups in total. The van der Waals surface area contributed by atoms with Crippen molar-refractivity contribution in [3.8, 4) is 5.88 Å². The second-order valence-electron chi connectivity index (χ2n) is 7.30. The number of nitrogens with one attached hydrogen (secondary N) is 1. The second-order valence-corrected chi connectivity index (χ2v) is 7.30. The van der Waals surface area contributed by atoms with Crippen LogP contribution in [-0.2, 0) is 7.05 Å². The predicted molar refractivity (Wildman–Crippen MR) is 103 cm³/mol. The molecule has 1 saturated carbocycles. The lowest BCUT2D eigenvalue weighted by molar-refractivity contribution is 0.188. The van der Waals surface area contributed by atoms with Crippen molar-refractivity contribution in [2.45, 2.75) is 44.2 Å². The monoisotopic (exact) mass is 355 g/mol. The highest BCUT2D eigenvalue weighted by Crippen LogP contribution is 2.30. The first kappa shape index (κ1) is 18.5. The number of aromatic nitrogens is 1. The van der Waals surface area contributed by atoms with Crippen LogP contribution in [0.4, 0.5) is 4.79 Å². The van der Waals surface area contributed by atoms with Gasteiger partial charge in [0.25, 0.3) is 0 Å². The number of nitrogens with zero attached hydrogens (tertiary/aromatic N) is 2. The minimum atomic E-state index is -0.356. The smallest absolute Gasteiger partial charge is 0.393 e. The van der Waals surface area contributed by atoms with E-state index in [0.717, 1.165) is 18.5 Å². The zero-order valence-electron chi connectivity index (χ0n) is 15.9. The maximum atomic E-state index is 12.3. The number of hydrogen-bond donors (Lipinski definition) is 1. The van der Waals surface area contributed by atoms with Crippen LogP contribution in [-0.4, -0.2) is 35.7 Å². The van der Waals surface area contributed by atoms with E-state index in [1.165, 1.54) is 24.8 Å². The topological polar surface area (TPSA) is 46.5 Å². The van der Waals surface area contributed by atoms with Crippen molar-refractivity contribution < 1.29 is 9.53 Å². The lowest BCUT2D eigenvalue weighted by Gasteiger charge is -2.26. The molecule has 0 bridgehead atoms. The molecule has 1 aromatic heterocycles. The predicted octanol–water partition coefficient (Wildman–Crippen LogP) is 4.10. The van der Waals surface area contributed by atoms with E-state index in [1.807, 2.05) is 41.9 Å². The lowest BCUT2D eigenvalue weighted by Crippen LogP contribution is -2.38. The Labute approximate surface area is 156 Å². The average Bonchev–Trinajstić information content (AvgIpc) is 2.97. The fraction of sp³-hybridized carbons (Fsp3) is 0.476. The molecule has 5 nitrogen and oxygen atoms in total. The first-order valence-corrected chi connectivity index (χ1v) is 9.41. The van der Waals surface area contributed by atoms with Gasteiger partial charge in [0.05, 0.1) is 6.04 Å². The van der Waals surface area contributed by atoms with Crippen LogP contribution >= 0.6 is 0 Å². The molecule has 1 heterocycles. The number of ether oxygens (including phenoxy) is 1. The lowest BCUT2D eigenvalue weighted by atomic mass is 9.96. The Morgan fingerprint density at radius 1 is 1.12 bits per heavy atom. The standard InChI is InChI=1S/C21H29N3O2/c1-23(2)20(16-10-6-4-7-11-16)18-14-15-19(24(18)3)26-21(25)22-17-12-8-5-9-13-17/h4,6-7,10-11,14-15,17,20H,5,8-9,12-13H2,1-3H3,(H,22,25). The summed E-state index contributed by atoms with van der Waals surface area (Å²) in [5.41, 5.74) is 2.29. The quantitative estimate of drug-likeness (QED) is 0.878. The number of rotatable bonds is 5. The zero-order chi connectivity index (χ0) is 18.5. The van der Waals surface area contributed by atoms with Gasteiger partial charge in [-0.25, -0.2) is 4.79 Å². The summed E-state index contributed by atoms with van der Waals surface area (Å²) in [6.45, 7) is 0. The Morgan fingerprint density at radius 3 is 2.46 bits per heavy atom. The molecular weight excluding hydrogens is 326 g/mol. The molecule has 1 unspecified atom stereocenters. The highest BCUT2D eigenvalue weighted by atomic mass is 16.6. The summed E-state index contributed by atoms with van der Waals surface area (Å²) in [5.74, 6) is 0.566. The van der Waals surface area contributed by atoms with E-state index in [4.69, 9.17) is 4.74 Å². The molecule has 1 fully saturated rings. The van der Waals surface area contributed by atoms with Crippen molar-refractivity contribution in [1.29, 1.82) is 0 Å². The van der Waals surface area contributed by atoms with Crippen LogP contribution in [0.3, 0.4) is 0 Å². The van der Waals surface area contributed by atoms with Crippen molar-refractivity contribution in [1.82, 2.24) is 14.8 Å². The summed E-state index contributed by atoms with van der Waals surface area (Å²) < 4.78 is 7.55. The highest BCUT2D eigenvalue weighted by Gasteiger charge is 2.22. The molecular formula is C21H29N3O2. The van der Waals surface area contributed by atoms with Gasteiger partial charge in [0.2, 0.25) is 5.88 Å². The van der Waals surface area contributed by atoms with Crippen LogP contribution in [0.5, 0.6) is 5.88 Å². The number of hydrogen-bond acceptors (Lipinski definition) is 3. The molecule has 2 aromatic rings. The van der Waals surface area contributed by atoms with E-state index in [9.17, 15) is 4.79 Å². The average molecular weight is 355 g/mol. The molecule has 26 heavy (non-hydrogen) atoms. The summed E-state index contributed by atoms with van der Waals surface area (Å²) in [4.78, 5) is 14.4. The van der Waals surface area contributed by atoms with Crippen molar-refractivity contribution in [2.24, 2.45) is 7.05 Å². The fourth-order valence-corrected chi connectivity index (χ4v) is 3.79. The number of carbonyl (C=O) groups excluding carboxylic acids is 1. The highest BCUT2D eigenvalue weighted by molar-refractivity contribution is 5.70. The molecule has 0 spiro atoms. The summed E-state index contributed by atoms with van der Waals surface area (Å²) in [6.07, 6.45) is 5.36. The van der Waals surface area contributed by atoms with Gasteiger partial charge in [0.1, 0.15) is 0 Å². The second kappa shape index (κ2) is 8.41. The normalized spacial score (nSPS) is 16.5. The molecule has 5 heteroatoms. The molecule has 1 aliphatic carbocycles. The molecule has 0 saturated heterocycles.